The molecule has 0 spiro atoms. The summed E-state index contributed by atoms with van der Waals surface area (Å²) in [5.74, 6) is -1.60. The molecule has 0 aromatic heterocycles. The van der Waals surface area contributed by atoms with E-state index in [0.29, 0.717) is 11.3 Å². The van der Waals surface area contributed by atoms with Gasteiger partial charge in [-0.3, -0.25) is 9.59 Å². The second-order valence-electron chi connectivity index (χ2n) is 3.75. The number of rotatable bonds is 5. The molecule has 20 heavy (non-hydrogen) atoms. The highest BCUT2D eigenvalue weighted by atomic mass is 16.7. The molecule has 0 aliphatic carbocycles. The lowest BCUT2D eigenvalue weighted by molar-refractivity contribution is -0.139. The number of nitriles is 1. The van der Waals surface area contributed by atoms with Crippen LogP contribution in [0, 0.1) is 11.3 Å². The maximum atomic E-state index is 11.6. The van der Waals surface area contributed by atoms with Crippen molar-refractivity contribution in [3.05, 3.63) is 29.8 Å². The van der Waals surface area contributed by atoms with Gasteiger partial charge >= 0.3 is 11.8 Å². The molecule has 0 saturated carbocycles. The molecule has 0 atom stereocenters. The van der Waals surface area contributed by atoms with Gasteiger partial charge in [0.25, 0.3) is 0 Å². The molecule has 106 valence electrons. The van der Waals surface area contributed by atoms with Crippen LogP contribution in [0.4, 0.5) is 5.69 Å². The lowest BCUT2D eigenvalue weighted by Gasteiger charge is -2.13. The van der Waals surface area contributed by atoms with Crippen LogP contribution in [0.15, 0.2) is 24.3 Å². The maximum Gasteiger partial charge on any atom is 0.313 e. The molecule has 1 aromatic rings. The van der Waals surface area contributed by atoms with Crippen molar-refractivity contribution in [1.82, 2.24) is 5.32 Å². The van der Waals surface area contributed by atoms with Crippen LogP contribution in [0.5, 0.6) is 0 Å². The average molecular weight is 277 g/mol. The summed E-state index contributed by atoms with van der Waals surface area (Å²) in [7, 11) is 2.86. The predicted molar refractivity (Wildman–Crippen MR) is 70.6 cm³/mol. The molecule has 1 rings (SSSR count). The molecule has 2 amide bonds. The van der Waals surface area contributed by atoms with Gasteiger partial charge in [-0.05, 0) is 24.3 Å². The molecule has 0 fully saturated rings. The van der Waals surface area contributed by atoms with E-state index in [9.17, 15) is 9.59 Å². The summed E-state index contributed by atoms with van der Waals surface area (Å²) < 4.78 is 9.75. The van der Waals surface area contributed by atoms with E-state index in [1.54, 1.807) is 12.1 Å². The fourth-order valence-corrected chi connectivity index (χ4v) is 1.34. The normalized spacial score (nSPS) is 9.90. The highest BCUT2D eigenvalue weighted by Crippen LogP contribution is 2.08. The minimum absolute atomic E-state index is 0.0621. The summed E-state index contributed by atoms with van der Waals surface area (Å²) in [5.41, 5.74) is 0.898. The first-order chi connectivity index (χ1) is 9.60. The molecule has 0 heterocycles. The monoisotopic (exact) mass is 277 g/mol. The van der Waals surface area contributed by atoms with Crippen molar-refractivity contribution < 1.29 is 19.1 Å². The number of ether oxygens (including phenoxy) is 2. The molecule has 2 N–H and O–H groups in total. The van der Waals surface area contributed by atoms with Crippen molar-refractivity contribution in [3.63, 3.8) is 0 Å². The molecule has 7 nitrogen and oxygen atoms in total. The molecule has 7 heteroatoms. The number of carbonyl (C=O) groups excluding carboxylic acids is 2. The van der Waals surface area contributed by atoms with Gasteiger partial charge in [-0.25, -0.2) is 0 Å². The second-order valence-corrected chi connectivity index (χ2v) is 3.75. The molecule has 0 saturated heterocycles. The number of carbonyl (C=O) groups is 2. The Labute approximate surface area is 116 Å². The van der Waals surface area contributed by atoms with Crippen LogP contribution in [0.25, 0.3) is 0 Å². The zero-order valence-corrected chi connectivity index (χ0v) is 11.2. The molecule has 0 radical (unpaired) electrons. The molecule has 0 unspecified atom stereocenters. The van der Waals surface area contributed by atoms with Crippen molar-refractivity contribution in [3.8, 4) is 6.07 Å². The SMILES string of the molecule is COC(CNC(=O)C(=O)Nc1ccc(C#N)cc1)OC. The molecular formula is C13H15N3O4. The Morgan fingerprint density at radius 3 is 2.30 bits per heavy atom. The van der Waals surface area contributed by atoms with E-state index in [-0.39, 0.29) is 6.54 Å². The Balaban J connectivity index is 2.49. The van der Waals surface area contributed by atoms with E-state index in [1.807, 2.05) is 6.07 Å². The van der Waals surface area contributed by atoms with Gasteiger partial charge in [0.1, 0.15) is 0 Å². The third-order valence-corrected chi connectivity index (χ3v) is 2.43. The van der Waals surface area contributed by atoms with E-state index in [1.165, 1.54) is 26.4 Å². The third-order valence-electron chi connectivity index (χ3n) is 2.43. The summed E-state index contributed by atoms with van der Waals surface area (Å²) >= 11 is 0. The van der Waals surface area contributed by atoms with E-state index in [0.717, 1.165) is 0 Å². The third kappa shape index (κ3) is 4.68. The van der Waals surface area contributed by atoms with Crippen LogP contribution < -0.4 is 10.6 Å². The van der Waals surface area contributed by atoms with Gasteiger partial charge in [0.15, 0.2) is 6.29 Å². The fraction of sp³-hybridized carbons (Fsp3) is 0.308. The van der Waals surface area contributed by atoms with Crippen molar-refractivity contribution in [2.24, 2.45) is 0 Å². The summed E-state index contributed by atoms with van der Waals surface area (Å²) in [6, 6.07) is 8.12. The van der Waals surface area contributed by atoms with E-state index < -0.39 is 18.1 Å². The smallest absolute Gasteiger partial charge is 0.313 e. The molecule has 0 bridgehead atoms. The zero-order chi connectivity index (χ0) is 15.0. The first kappa shape index (κ1) is 15.6. The Hall–Kier alpha value is -2.43. The Bertz CT molecular complexity index is 503. The largest absolute Gasteiger partial charge is 0.354 e. The number of amides is 2. The number of benzene rings is 1. The first-order valence-corrected chi connectivity index (χ1v) is 5.75. The van der Waals surface area contributed by atoms with Gasteiger partial charge in [-0.1, -0.05) is 0 Å². The number of methoxy groups -OCH3 is 2. The Morgan fingerprint density at radius 1 is 1.20 bits per heavy atom. The van der Waals surface area contributed by atoms with Crippen molar-refractivity contribution in [2.45, 2.75) is 6.29 Å². The van der Waals surface area contributed by atoms with E-state index >= 15 is 0 Å². The van der Waals surface area contributed by atoms with Gasteiger partial charge in [-0.15, -0.1) is 0 Å². The lowest BCUT2D eigenvalue weighted by atomic mass is 10.2. The summed E-state index contributed by atoms with van der Waals surface area (Å²) in [6.45, 7) is 0.0621. The minimum Gasteiger partial charge on any atom is -0.354 e. The first-order valence-electron chi connectivity index (χ1n) is 5.75. The molecule has 1 aromatic carbocycles. The Kier molecular flexibility index (Phi) is 6.16. The van der Waals surface area contributed by atoms with Gasteiger partial charge in [0, 0.05) is 19.9 Å². The molecular weight excluding hydrogens is 262 g/mol. The maximum absolute atomic E-state index is 11.6. The van der Waals surface area contributed by atoms with Crippen LogP contribution in [0.2, 0.25) is 0 Å². The van der Waals surface area contributed by atoms with Gasteiger partial charge in [0.2, 0.25) is 0 Å². The van der Waals surface area contributed by atoms with E-state index in [2.05, 4.69) is 10.6 Å². The summed E-state index contributed by atoms with van der Waals surface area (Å²) in [4.78, 5) is 23.1. The molecule has 0 aliphatic rings. The highest BCUT2D eigenvalue weighted by molar-refractivity contribution is 6.39. The topological polar surface area (TPSA) is 100 Å². The minimum atomic E-state index is -0.805. The van der Waals surface area contributed by atoms with Crippen molar-refractivity contribution in [2.75, 3.05) is 26.1 Å². The van der Waals surface area contributed by atoms with Crippen molar-refractivity contribution in [1.29, 1.82) is 5.26 Å². The van der Waals surface area contributed by atoms with Crippen LogP contribution in [0.1, 0.15) is 5.56 Å². The van der Waals surface area contributed by atoms with Gasteiger partial charge in [0.05, 0.1) is 18.2 Å². The van der Waals surface area contributed by atoms with Gasteiger partial charge < -0.3 is 20.1 Å². The fourth-order valence-electron chi connectivity index (χ4n) is 1.34. The standard InChI is InChI=1S/C13H15N3O4/c1-19-11(20-2)8-15-12(17)13(18)16-10-5-3-9(7-14)4-6-10/h3-6,11H,8H2,1-2H3,(H,15,17)(H,16,18). The average Bonchev–Trinajstić information content (AvgIpc) is 2.48. The molecule has 0 aliphatic heterocycles. The number of hydrogen-bond acceptors (Lipinski definition) is 5. The van der Waals surface area contributed by atoms with Crippen LogP contribution in [0.3, 0.4) is 0 Å². The van der Waals surface area contributed by atoms with Crippen LogP contribution >= 0.6 is 0 Å². The summed E-state index contributed by atoms with van der Waals surface area (Å²) in [5, 5.41) is 13.4. The lowest BCUT2D eigenvalue weighted by Crippen LogP contribution is -2.40. The summed E-state index contributed by atoms with van der Waals surface area (Å²) in [6.07, 6.45) is -0.610. The predicted octanol–water partition coefficient (Wildman–Crippen LogP) is 0.232. The highest BCUT2D eigenvalue weighted by Gasteiger charge is 2.15. The number of anilines is 1. The van der Waals surface area contributed by atoms with Crippen LogP contribution in [-0.4, -0.2) is 38.9 Å². The number of hydrogen-bond donors (Lipinski definition) is 2. The van der Waals surface area contributed by atoms with Crippen LogP contribution in [-0.2, 0) is 19.1 Å². The second kappa shape index (κ2) is 7.89. The quantitative estimate of drug-likeness (QED) is 0.593. The Morgan fingerprint density at radius 2 is 1.80 bits per heavy atom. The van der Waals surface area contributed by atoms with E-state index in [4.69, 9.17) is 14.7 Å². The number of nitrogens with zero attached hydrogens (tertiary/aromatic N) is 1. The van der Waals surface area contributed by atoms with Crippen molar-refractivity contribution >= 4 is 17.5 Å². The van der Waals surface area contributed by atoms with Gasteiger partial charge in [-0.2, -0.15) is 5.26 Å². The number of nitrogens with one attached hydrogen (secondary N) is 2. The zero-order valence-electron chi connectivity index (χ0n) is 11.2.